The van der Waals surface area contributed by atoms with E-state index >= 15 is 0 Å². The highest BCUT2D eigenvalue weighted by Crippen LogP contribution is 2.21. The monoisotopic (exact) mass is 211 g/mol. The predicted molar refractivity (Wildman–Crippen MR) is 65.3 cm³/mol. The molecule has 0 aliphatic heterocycles. The minimum atomic E-state index is 0.512. The smallest absolute Gasteiger partial charge is 0.144 e. The Morgan fingerprint density at radius 3 is 3.00 bits per heavy atom. The number of fused-ring (bicyclic) bond motifs is 3. The van der Waals surface area contributed by atoms with Crippen LogP contribution < -0.4 is 5.73 Å². The predicted octanol–water partition coefficient (Wildman–Crippen LogP) is 2.25. The number of benzene rings is 1. The molecule has 0 fully saturated rings. The highest BCUT2D eigenvalue weighted by Gasteiger charge is 2.05. The van der Waals surface area contributed by atoms with Crippen LogP contribution in [0, 0.1) is 6.92 Å². The molecule has 2 heterocycles. The average molecular weight is 211 g/mol. The van der Waals surface area contributed by atoms with Crippen molar-refractivity contribution in [2.75, 3.05) is 0 Å². The van der Waals surface area contributed by atoms with Gasteiger partial charge in [0.1, 0.15) is 5.65 Å². The Morgan fingerprint density at radius 2 is 2.19 bits per heavy atom. The molecule has 3 nitrogen and oxygen atoms in total. The van der Waals surface area contributed by atoms with Crippen LogP contribution in [0.4, 0.5) is 0 Å². The zero-order chi connectivity index (χ0) is 11.1. The molecule has 2 aromatic heterocycles. The number of aryl methyl sites for hydroxylation is 1. The molecule has 0 saturated carbocycles. The third kappa shape index (κ3) is 1.22. The van der Waals surface area contributed by atoms with E-state index in [4.69, 9.17) is 5.73 Å². The molecular weight excluding hydrogens is 198 g/mol. The maximum atomic E-state index is 5.67. The lowest BCUT2D eigenvalue weighted by Crippen LogP contribution is -2.00. The van der Waals surface area contributed by atoms with E-state index in [-0.39, 0.29) is 0 Å². The summed E-state index contributed by atoms with van der Waals surface area (Å²) in [5.41, 5.74) is 8.96. The van der Waals surface area contributed by atoms with Crippen molar-refractivity contribution < 1.29 is 0 Å². The zero-order valence-electron chi connectivity index (χ0n) is 9.14. The van der Waals surface area contributed by atoms with Gasteiger partial charge >= 0.3 is 0 Å². The maximum absolute atomic E-state index is 5.67. The molecule has 0 spiro atoms. The highest BCUT2D eigenvalue weighted by atomic mass is 15.0. The summed E-state index contributed by atoms with van der Waals surface area (Å²) in [5.74, 6) is 0. The van der Waals surface area contributed by atoms with Gasteiger partial charge in [0.25, 0.3) is 0 Å². The SMILES string of the molecule is Cc1ccc2c(ccn3c(CN)cnc23)c1. The van der Waals surface area contributed by atoms with Gasteiger partial charge < -0.3 is 10.1 Å². The summed E-state index contributed by atoms with van der Waals surface area (Å²) in [6.07, 6.45) is 3.88. The van der Waals surface area contributed by atoms with Crippen LogP contribution in [0.2, 0.25) is 0 Å². The van der Waals surface area contributed by atoms with Gasteiger partial charge in [0.2, 0.25) is 0 Å². The number of hydrogen-bond donors (Lipinski definition) is 1. The molecule has 0 amide bonds. The first-order valence-electron chi connectivity index (χ1n) is 5.35. The van der Waals surface area contributed by atoms with Crippen LogP contribution in [0.1, 0.15) is 11.3 Å². The number of aromatic nitrogens is 2. The first-order valence-corrected chi connectivity index (χ1v) is 5.35. The van der Waals surface area contributed by atoms with Crippen molar-refractivity contribution in [3.8, 4) is 0 Å². The Labute approximate surface area is 93.5 Å². The molecule has 1 aromatic carbocycles. The number of hydrogen-bond acceptors (Lipinski definition) is 2. The van der Waals surface area contributed by atoms with Gasteiger partial charge in [0, 0.05) is 18.1 Å². The minimum Gasteiger partial charge on any atom is -0.325 e. The third-order valence-corrected chi connectivity index (χ3v) is 2.93. The van der Waals surface area contributed by atoms with Gasteiger partial charge in [-0.2, -0.15) is 0 Å². The fourth-order valence-electron chi connectivity index (χ4n) is 2.09. The van der Waals surface area contributed by atoms with E-state index in [2.05, 4.69) is 40.6 Å². The molecule has 0 aliphatic rings. The Morgan fingerprint density at radius 1 is 1.31 bits per heavy atom. The Balaban J connectivity index is 2.46. The lowest BCUT2D eigenvalue weighted by Gasteiger charge is -2.03. The fraction of sp³-hybridized carbons (Fsp3) is 0.154. The van der Waals surface area contributed by atoms with E-state index in [1.165, 1.54) is 16.3 Å². The Bertz CT molecular complexity index is 667. The molecule has 3 heteroatoms. The van der Waals surface area contributed by atoms with Crippen molar-refractivity contribution in [1.82, 2.24) is 9.38 Å². The zero-order valence-corrected chi connectivity index (χ0v) is 9.14. The molecule has 0 aliphatic carbocycles. The van der Waals surface area contributed by atoms with Crippen molar-refractivity contribution >= 4 is 16.4 Å². The van der Waals surface area contributed by atoms with E-state index in [1.54, 1.807) is 0 Å². The van der Waals surface area contributed by atoms with Crippen LogP contribution in [0.3, 0.4) is 0 Å². The quantitative estimate of drug-likeness (QED) is 0.671. The number of nitrogens with zero attached hydrogens (tertiary/aromatic N) is 2. The highest BCUT2D eigenvalue weighted by molar-refractivity contribution is 5.94. The second-order valence-electron chi connectivity index (χ2n) is 4.05. The molecule has 16 heavy (non-hydrogen) atoms. The fourth-order valence-corrected chi connectivity index (χ4v) is 2.09. The van der Waals surface area contributed by atoms with Gasteiger partial charge in [-0.05, 0) is 18.4 Å². The number of nitrogens with two attached hydrogens (primary N) is 1. The minimum absolute atomic E-state index is 0.512. The van der Waals surface area contributed by atoms with Crippen LogP contribution in [-0.4, -0.2) is 9.38 Å². The van der Waals surface area contributed by atoms with E-state index in [9.17, 15) is 0 Å². The largest absolute Gasteiger partial charge is 0.325 e. The molecule has 3 aromatic rings. The van der Waals surface area contributed by atoms with Crippen LogP contribution in [0.5, 0.6) is 0 Å². The second-order valence-corrected chi connectivity index (χ2v) is 4.05. The summed E-state index contributed by atoms with van der Waals surface area (Å²) in [6.45, 7) is 2.61. The van der Waals surface area contributed by atoms with Crippen LogP contribution >= 0.6 is 0 Å². The molecule has 80 valence electrons. The van der Waals surface area contributed by atoms with Gasteiger partial charge in [-0.3, -0.25) is 0 Å². The Kier molecular flexibility index (Phi) is 1.94. The Hall–Kier alpha value is -1.87. The second kappa shape index (κ2) is 3.32. The maximum Gasteiger partial charge on any atom is 0.144 e. The third-order valence-electron chi connectivity index (χ3n) is 2.93. The molecule has 0 radical (unpaired) electrons. The number of pyridine rings is 1. The number of rotatable bonds is 1. The van der Waals surface area contributed by atoms with Crippen LogP contribution in [0.15, 0.2) is 36.7 Å². The summed E-state index contributed by atoms with van der Waals surface area (Å²) in [5, 5.41) is 2.40. The van der Waals surface area contributed by atoms with E-state index in [0.717, 1.165) is 11.3 Å². The molecule has 0 unspecified atom stereocenters. The summed E-state index contributed by atoms with van der Waals surface area (Å²) in [6, 6.07) is 8.51. The van der Waals surface area contributed by atoms with Crippen molar-refractivity contribution in [2.24, 2.45) is 5.73 Å². The summed E-state index contributed by atoms with van der Waals surface area (Å²) < 4.78 is 2.05. The van der Waals surface area contributed by atoms with Crippen molar-refractivity contribution in [1.29, 1.82) is 0 Å². The van der Waals surface area contributed by atoms with Gasteiger partial charge in [0.15, 0.2) is 0 Å². The van der Waals surface area contributed by atoms with Crippen LogP contribution in [-0.2, 0) is 6.54 Å². The first-order chi connectivity index (χ1) is 7.79. The lowest BCUT2D eigenvalue weighted by molar-refractivity contribution is 0.962. The van der Waals surface area contributed by atoms with Crippen molar-refractivity contribution in [2.45, 2.75) is 13.5 Å². The molecule has 0 bridgehead atoms. The van der Waals surface area contributed by atoms with Gasteiger partial charge in [0.05, 0.1) is 11.9 Å². The molecule has 0 atom stereocenters. The summed E-state index contributed by atoms with van der Waals surface area (Å²) >= 11 is 0. The summed E-state index contributed by atoms with van der Waals surface area (Å²) in [4.78, 5) is 4.43. The summed E-state index contributed by atoms with van der Waals surface area (Å²) in [7, 11) is 0. The van der Waals surface area contributed by atoms with E-state index < -0.39 is 0 Å². The molecule has 2 N–H and O–H groups in total. The molecule has 0 saturated heterocycles. The van der Waals surface area contributed by atoms with E-state index in [0.29, 0.717) is 6.54 Å². The average Bonchev–Trinajstić information content (AvgIpc) is 2.71. The lowest BCUT2D eigenvalue weighted by atomic mass is 10.1. The normalized spacial score (nSPS) is 11.4. The van der Waals surface area contributed by atoms with E-state index in [1.807, 2.05) is 12.4 Å². The first kappa shape index (κ1) is 9.36. The van der Waals surface area contributed by atoms with Crippen molar-refractivity contribution in [3.05, 3.63) is 47.9 Å². The molecule has 3 rings (SSSR count). The topological polar surface area (TPSA) is 43.3 Å². The van der Waals surface area contributed by atoms with Crippen molar-refractivity contribution in [3.63, 3.8) is 0 Å². The standard InChI is InChI=1S/C13H13N3/c1-9-2-3-12-10(6-9)4-5-16-11(7-14)8-15-13(12)16/h2-6,8H,7,14H2,1H3. The van der Waals surface area contributed by atoms with Crippen LogP contribution in [0.25, 0.3) is 16.4 Å². The van der Waals surface area contributed by atoms with Gasteiger partial charge in [-0.25, -0.2) is 4.98 Å². The van der Waals surface area contributed by atoms with Gasteiger partial charge in [-0.15, -0.1) is 0 Å². The molecular formula is C13H13N3. The van der Waals surface area contributed by atoms with Gasteiger partial charge in [-0.1, -0.05) is 23.8 Å². The number of imidazole rings is 1.